The molecular weight excluding hydrogens is 437 g/mol. The molecule has 0 amide bonds. The lowest BCUT2D eigenvalue weighted by Gasteiger charge is -2.07. The Morgan fingerprint density at radius 3 is 2.45 bits per heavy atom. The van der Waals surface area contributed by atoms with Crippen LogP contribution in [0.2, 0.25) is 0 Å². The smallest absolute Gasteiger partial charge is 0.416 e. The maximum absolute atomic E-state index is 12.9. The number of nitro groups is 1. The number of hydrogen-bond acceptors (Lipinski definition) is 4. The first-order chi connectivity index (χ1) is 15.7. The van der Waals surface area contributed by atoms with E-state index >= 15 is 0 Å². The zero-order valence-corrected chi connectivity index (χ0v) is 16.8. The fourth-order valence-electron chi connectivity index (χ4n) is 3.22. The molecule has 2 aromatic carbocycles. The van der Waals surface area contributed by atoms with Gasteiger partial charge in [0.15, 0.2) is 5.76 Å². The van der Waals surface area contributed by atoms with Crippen LogP contribution in [0.15, 0.2) is 89.5 Å². The van der Waals surface area contributed by atoms with Crippen molar-refractivity contribution in [1.29, 1.82) is 0 Å². The van der Waals surface area contributed by atoms with Crippen LogP contribution in [0.25, 0.3) is 23.1 Å². The van der Waals surface area contributed by atoms with E-state index in [-0.39, 0.29) is 22.8 Å². The van der Waals surface area contributed by atoms with E-state index in [1.54, 1.807) is 41.1 Å². The fourth-order valence-corrected chi connectivity index (χ4v) is 3.22. The van der Waals surface area contributed by atoms with Crippen LogP contribution in [-0.4, -0.2) is 15.3 Å². The summed E-state index contributed by atoms with van der Waals surface area (Å²) in [6.07, 6.45) is 0.0920. The third-order valence-corrected chi connectivity index (χ3v) is 4.85. The normalized spacial score (nSPS) is 11.7. The highest BCUT2D eigenvalue weighted by atomic mass is 19.4. The summed E-state index contributed by atoms with van der Waals surface area (Å²) < 4.78 is 46.0. The molecule has 2 heterocycles. The number of hydrogen-bond donors (Lipinski definition) is 0. The molecule has 0 unspecified atom stereocenters. The van der Waals surface area contributed by atoms with Gasteiger partial charge in [0.1, 0.15) is 5.76 Å². The minimum atomic E-state index is -4.48. The van der Waals surface area contributed by atoms with Crippen molar-refractivity contribution in [2.75, 3.05) is 0 Å². The molecule has 4 aromatic rings. The molecule has 0 bridgehead atoms. The highest BCUT2D eigenvalue weighted by Gasteiger charge is 2.30. The van der Waals surface area contributed by atoms with Gasteiger partial charge in [0.05, 0.1) is 10.5 Å². The van der Waals surface area contributed by atoms with E-state index < -0.39 is 22.4 Å². The maximum atomic E-state index is 12.9. The van der Waals surface area contributed by atoms with Crippen LogP contribution in [0.1, 0.15) is 21.8 Å². The van der Waals surface area contributed by atoms with Crippen molar-refractivity contribution in [2.45, 2.75) is 6.18 Å². The molecule has 6 nitrogen and oxygen atoms in total. The number of ketones is 1. The minimum Gasteiger partial charge on any atom is -0.453 e. The lowest BCUT2D eigenvalue weighted by molar-refractivity contribution is -0.384. The molecule has 4 rings (SSSR count). The number of carbonyl (C=O) groups is 1. The zero-order chi connectivity index (χ0) is 23.6. The summed E-state index contributed by atoms with van der Waals surface area (Å²) >= 11 is 0. The molecule has 0 atom stereocenters. The van der Waals surface area contributed by atoms with Gasteiger partial charge in [-0.1, -0.05) is 12.1 Å². The monoisotopic (exact) mass is 452 g/mol. The van der Waals surface area contributed by atoms with Crippen LogP contribution in [-0.2, 0) is 6.18 Å². The highest BCUT2D eigenvalue weighted by molar-refractivity contribution is 6.05. The van der Waals surface area contributed by atoms with Crippen molar-refractivity contribution in [1.82, 2.24) is 4.57 Å². The number of nitrogens with zero attached hydrogens (tertiary/aromatic N) is 2. The van der Waals surface area contributed by atoms with Gasteiger partial charge in [-0.05, 0) is 60.7 Å². The van der Waals surface area contributed by atoms with E-state index in [9.17, 15) is 28.1 Å². The average Bonchev–Trinajstić information content (AvgIpc) is 3.47. The predicted octanol–water partition coefficient (Wildman–Crippen LogP) is 6.56. The number of rotatable bonds is 6. The number of aromatic nitrogens is 1. The maximum Gasteiger partial charge on any atom is 0.416 e. The summed E-state index contributed by atoms with van der Waals surface area (Å²) in [5.74, 6) is -0.344. The standard InChI is InChI=1S/C24H15F3N2O4/c25-24(26,27)17-4-1-3-16(15-17)22-12-13-23(33-22)21(30)11-10-18-5-2-14-28(18)19-6-8-20(9-7-19)29(31)32/h1-15H. The van der Waals surface area contributed by atoms with Crippen molar-refractivity contribution < 1.29 is 27.3 Å². The first-order valence-corrected chi connectivity index (χ1v) is 9.64. The molecule has 0 fully saturated rings. The minimum absolute atomic E-state index is 0.0212. The van der Waals surface area contributed by atoms with E-state index in [0.717, 1.165) is 12.1 Å². The van der Waals surface area contributed by atoms with Gasteiger partial charge in [0.25, 0.3) is 5.69 Å². The predicted molar refractivity (Wildman–Crippen MR) is 115 cm³/mol. The Kier molecular flexibility index (Phi) is 5.70. The van der Waals surface area contributed by atoms with Crippen molar-refractivity contribution >= 4 is 17.5 Å². The second-order valence-electron chi connectivity index (χ2n) is 7.02. The quantitative estimate of drug-likeness (QED) is 0.144. The van der Waals surface area contributed by atoms with Crippen molar-refractivity contribution in [3.05, 3.63) is 112 Å². The van der Waals surface area contributed by atoms with E-state index in [1.165, 1.54) is 42.5 Å². The number of benzene rings is 2. The molecule has 0 aliphatic heterocycles. The summed E-state index contributed by atoms with van der Waals surface area (Å²) in [6, 6.07) is 16.9. The number of carbonyl (C=O) groups excluding carboxylic acids is 1. The second-order valence-corrected chi connectivity index (χ2v) is 7.02. The van der Waals surface area contributed by atoms with Crippen LogP contribution in [0.3, 0.4) is 0 Å². The van der Waals surface area contributed by atoms with Crippen LogP contribution in [0, 0.1) is 10.1 Å². The van der Waals surface area contributed by atoms with Crippen LogP contribution >= 0.6 is 0 Å². The second kappa shape index (κ2) is 8.62. The van der Waals surface area contributed by atoms with Crippen LogP contribution in [0.5, 0.6) is 0 Å². The summed E-state index contributed by atoms with van der Waals surface area (Å²) in [4.78, 5) is 22.9. The molecular formula is C24H15F3N2O4. The third kappa shape index (κ3) is 4.77. The zero-order valence-electron chi connectivity index (χ0n) is 16.8. The number of allylic oxidation sites excluding steroid dienone is 1. The Hall–Kier alpha value is -4.40. The Morgan fingerprint density at radius 1 is 1.00 bits per heavy atom. The lowest BCUT2D eigenvalue weighted by atomic mass is 10.1. The molecule has 0 radical (unpaired) electrons. The Bertz CT molecular complexity index is 1350. The molecule has 166 valence electrons. The fraction of sp³-hybridized carbons (Fsp3) is 0.0417. The molecule has 2 aromatic heterocycles. The Morgan fingerprint density at radius 2 is 1.76 bits per heavy atom. The van der Waals surface area contributed by atoms with E-state index in [4.69, 9.17) is 4.42 Å². The third-order valence-electron chi connectivity index (χ3n) is 4.85. The van der Waals surface area contributed by atoms with Gasteiger partial charge in [-0.2, -0.15) is 13.2 Å². The summed E-state index contributed by atoms with van der Waals surface area (Å²) in [5.41, 5.74) is 0.674. The molecule has 0 saturated carbocycles. The number of non-ortho nitro benzene ring substituents is 1. The van der Waals surface area contributed by atoms with Gasteiger partial charge in [-0.25, -0.2) is 0 Å². The summed E-state index contributed by atoms with van der Waals surface area (Å²) in [6.45, 7) is 0. The number of furan rings is 1. The Balaban J connectivity index is 1.53. The topological polar surface area (TPSA) is 78.3 Å². The molecule has 0 spiro atoms. The van der Waals surface area contributed by atoms with Crippen LogP contribution in [0.4, 0.5) is 18.9 Å². The molecule has 0 aliphatic carbocycles. The number of alkyl halides is 3. The van der Waals surface area contributed by atoms with Gasteiger partial charge in [-0.3, -0.25) is 14.9 Å². The lowest BCUT2D eigenvalue weighted by Crippen LogP contribution is -2.04. The number of halogens is 3. The van der Waals surface area contributed by atoms with Crippen molar-refractivity contribution in [2.24, 2.45) is 0 Å². The first kappa shape index (κ1) is 21.8. The largest absolute Gasteiger partial charge is 0.453 e. The van der Waals surface area contributed by atoms with Crippen LogP contribution < -0.4 is 0 Å². The summed E-state index contributed by atoms with van der Waals surface area (Å²) in [5, 5.41) is 10.8. The highest BCUT2D eigenvalue weighted by Crippen LogP contribution is 2.32. The van der Waals surface area contributed by atoms with E-state index in [2.05, 4.69) is 0 Å². The van der Waals surface area contributed by atoms with Gasteiger partial charge in [0, 0.05) is 35.3 Å². The van der Waals surface area contributed by atoms with Gasteiger partial charge in [-0.15, -0.1) is 0 Å². The van der Waals surface area contributed by atoms with E-state index in [0.29, 0.717) is 11.4 Å². The molecule has 9 heteroatoms. The van der Waals surface area contributed by atoms with Gasteiger partial charge < -0.3 is 8.98 Å². The first-order valence-electron chi connectivity index (χ1n) is 9.64. The average molecular weight is 452 g/mol. The molecule has 0 N–H and O–H groups in total. The number of nitro benzene ring substituents is 1. The van der Waals surface area contributed by atoms with Crippen molar-refractivity contribution in [3.63, 3.8) is 0 Å². The molecule has 0 saturated heterocycles. The van der Waals surface area contributed by atoms with Crippen molar-refractivity contribution in [3.8, 4) is 17.0 Å². The Labute approximate surface area is 185 Å². The molecule has 33 heavy (non-hydrogen) atoms. The van der Waals surface area contributed by atoms with Gasteiger partial charge >= 0.3 is 6.18 Å². The van der Waals surface area contributed by atoms with E-state index in [1.807, 2.05) is 0 Å². The molecule has 0 aliphatic rings. The van der Waals surface area contributed by atoms with Gasteiger partial charge in [0.2, 0.25) is 5.78 Å². The SMILES string of the molecule is O=C(C=Cc1cccn1-c1ccc([N+](=O)[O-])cc1)c1ccc(-c2cccc(C(F)(F)F)c2)o1. The summed E-state index contributed by atoms with van der Waals surface area (Å²) in [7, 11) is 0.